The van der Waals surface area contributed by atoms with Gasteiger partial charge in [0.15, 0.2) is 17.4 Å². The lowest BCUT2D eigenvalue weighted by Crippen LogP contribution is -2.28. The highest BCUT2D eigenvalue weighted by Crippen LogP contribution is 2.44. The lowest BCUT2D eigenvalue weighted by atomic mass is 9.72. The quantitative estimate of drug-likeness (QED) is 0.468. The van der Waals surface area contributed by atoms with Gasteiger partial charge in [-0.25, -0.2) is 13.2 Å². The molecule has 1 nitrogen and oxygen atoms in total. The van der Waals surface area contributed by atoms with Crippen LogP contribution in [0.25, 0.3) is 0 Å². The molecule has 1 aliphatic carbocycles. The van der Waals surface area contributed by atoms with Crippen LogP contribution in [0.4, 0.5) is 13.2 Å². The SMILES string of the molecule is CCC[SiH]1CCC([C@H]2CC[C@H](c3cc(F)c(OCCF)c(F)c3)CC2)CC1. The van der Waals surface area contributed by atoms with Crippen LogP contribution in [0.5, 0.6) is 5.75 Å². The van der Waals surface area contributed by atoms with Gasteiger partial charge in [-0.2, -0.15) is 0 Å². The van der Waals surface area contributed by atoms with Crippen LogP contribution >= 0.6 is 0 Å². The van der Waals surface area contributed by atoms with E-state index in [2.05, 4.69) is 6.92 Å². The summed E-state index contributed by atoms with van der Waals surface area (Å²) in [7, 11) is -0.424. The average molecular weight is 399 g/mol. The largest absolute Gasteiger partial charge is 0.485 e. The molecule has 5 heteroatoms. The topological polar surface area (TPSA) is 9.23 Å². The van der Waals surface area contributed by atoms with Crippen molar-refractivity contribution >= 4 is 8.80 Å². The molecule has 152 valence electrons. The van der Waals surface area contributed by atoms with Gasteiger partial charge >= 0.3 is 0 Å². The van der Waals surface area contributed by atoms with Gasteiger partial charge in [-0.15, -0.1) is 0 Å². The molecule has 1 aromatic carbocycles. The van der Waals surface area contributed by atoms with E-state index in [0.29, 0.717) is 0 Å². The van der Waals surface area contributed by atoms with Crippen molar-refractivity contribution in [2.45, 2.75) is 75.9 Å². The molecule has 2 fully saturated rings. The molecule has 0 atom stereocenters. The zero-order chi connectivity index (χ0) is 19.2. The number of benzene rings is 1. The maximum absolute atomic E-state index is 14.2. The summed E-state index contributed by atoms with van der Waals surface area (Å²) in [6.07, 6.45) is 8.60. The van der Waals surface area contributed by atoms with Crippen molar-refractivity contribution < 1.29 is 17.9 Å². The van der Waals surface area contributed by atoms with Crippen molar-refractivity contribution in [3.8, 4) is 5.75 Å². The third kappa shape index (κ3) is 5.30. The second-order valence-corrected chi connectivity index (χ2v) is 12.0. The van der Waals surface area contributed by atoms with Gasteiger partial charge < -0.3 is 4.74 Å². The fourth-order valence-electron chi connectivity index (χ4n) is 5.37. The fourth-order valence-corrected chi connectivity index (χ4v) is 8.86. The second kappa shape index (κ2) is 9.99. The molecule has 0 aromatic heterocycles. The van der Waals surface area contributed by atoms with E-state index in [9.17, 15) is 13.2 Å². The van der Waals surface area contributed by atoms with Crippen LogP contribution in [0.15, 0.2) is 12.1 Å². The smallest absolute Gasteiger partial charge is 0.190 e. The number of rotatable bonds is 7. The molecular weight excluding hydrogens is 365 g/mol. The van der Waals surface area contributed by atoms with Gasteiger partial charge in [0.05, 0.1) is 0 Å². The molecule has 2 aliphatic rings. The van der Waals surface area contributed by atoms with Gasteiger partial charge in [0.1, 0.15) is 13.3 Å². The Morgan fingerprint density at radius 3 is 2.11 bits per heavy atom. The summed E-state index contributed by atoms with van der Waals surface area (Å²) in [5, 5.41) is 0. The van der Waals surface area contributed by atoms with E-state index in [-0.39, 0.29) is 12.5 Å². The van der Waals surface area contributed by atoms with Crippen LogP contribution in [0.2, 0.25) is 18.1 Å². The summed E-state index contributed by atoms with van der Waals surface area (Å²) in [6, 6.07) is 7.35. The standard InChI is InChI=1S/C22H33F3OSi/c1-2-11-27-12-7-18(8-13-27)16-3-5-17(6-4-16)19-14-20(24)22(21(25)15-19)26-10-9-23/h14-18,27H,2-13H2,1H3/t16-,17-,18?,27?. The van der Waals surface area contributed by atoms with Crippen LogP contribution in [0.1, 0.15) is 63.4 Å². The van der Waals surface area contributed by atoms with Gasteiger partial charge in [-0.1, -0.05) is 44.3 Å². The Hall–Kier alpha value is -0.973. The van der Waals surface area contributed by atoms with Crippen LogP contribution < -0.4 is 4.74 Å². The highest BCUT2D eigenvalue weighted by molar-refractivity contribution is 6.58. The molecule has 0 N–H and O–H groups in total. The molecule has 27 heavy (non-hydrogen) atoms. The molecule has 1 heterocycles. The summed E-state index contributed by atoms with van der Waals surface area (Å²) < 4.78 is 45.4. The third-order valence-corrected chi connectivity index (χ3v) is 10.5. The molecule has 1 saturated carbocycles. The number of ether oxygens (including phenoxy) is 1. The number of halogens is 3. The minimum atomic E-state index is -0.756. The Morgan fingerprint density at radius 1 is 0.963 bits per heavy atom. The molecular formula is C22H33F3OSi. The zero-order valence-electron chi connectivity index (χ0n) is 16.5. The Bertz CT molecular complexity index is 570. The number of hydrogen-bond acceptors (Lipinski definition) is 1. The molecule has 0 unspecified atom stereocenters. The highest BCUT2D eigenvalue weighted by Gasteiger charge is 2.32. The molecule has 3 rings (SSSR count). The average Bonchev–Trinajstić information content (AvgIpc) is 2.68. The van der Waals surface area contributed by atoms with Crippen molar-refractivity contribution in [2.75, 3.05) is 13.3 Å². The van der Waals surface area contributed by atoms with Gasteiger partial charge in [-0.05, 0) is 61.1 Å². The fraction of sp³-hybridized carbons (Fsp3) is 0.727. The Kier molecular flexibility index (Phi) is 7.68. The maximum atomic E-state index is 14.2. The van der Waals surface area contributed by atoms with Crippen molar-refractivity contribution in [3.63, 3.8) is 0 Å². The van der Waals surface area contributed by atoms with E-state index in [1.807, 2.05) is 0 Å². The predicted octanol–water partition coefficient (Wildman–Crippen LogP) is 6.63. The Labute approximate surface area is 163 Å². The molecule has 1 aromatic rings. The minimum absolute atomic E-state index is 0.228. The van der Waals surface area contributed by atoms with Crippen molar-refractivity contribution in [2.24, 2.45) is 11.8 Å². The van der Waals surface area contributed by atoms with Gasteiger partial charge in [0, 0.05) is 8.80 Å². The van der Waals surface area contributed by atoms with Crippen LogP contribution in [-0.4, -0.2) is 22.1 Å². The maximum Gasteiger partial charge on any atom is 0.190 e. The van der Waals surface area contributed by atoms with Gasteiger partial charge in [-0.3, -0.25) is 0 Å². The van der Waals surface area contributed by atoms with Gasteiger partial charge in [0.25, 0.3) is 0 Å². The van der Waals surface area contributed by atoms with E-state index < -0.39 is 32.9 Å². The molecule has 0 radical (unpaired) electrons. The van der Waals surface area contributed by atoms with Gasteiger partial charge in [0.2, 0.25) is 0 Å². The first-order valence-electron chi connectivity index (χ1n) is 10.8. The van der Waals surface area contributed by atoms with Crippen LogP contribution in [-0.2, 0) is 0 Å². The summed E-state index contributed by atoms with van der Waals surface area (Å²) in [5.74, 6) is 0.0557. The molecule has 0 bridgehead atoms. The monoisotopic (exact) mass is 398 g/mol. The molecule has 0 amide bonds. The molecule has 1 aliphatic heterocycles. The summed E-state index contributed by atoms with van der Waals surface area (Å²) >= 11 is 0. The highest BCUT2D eigenvalue weighted by atomic mass is 28.3. The summed E-state index contributed by atoms with van der Waals surface area (Å²) in [4.78, 5) is 0. The van der Waals surface area contributed by atoms with Crippen molar-refractivity contribution in [1.82, 2.24) is 0 Å². The van der Waals surface area contributed by atoms with E-state index in [1.54, 1.807) is 0 Å². The Balaban J connectivity index is 1.53. The zero-order valence-corrected chi connectivity index (χ0v) is 17.6. The Morgan fingerprint density at radius 2 is 1.56 bits per heavy atom. The normalized spacial score (nSPS) is 28.9. The van der Waals surface area contributed by atoms with Crippen molar-refractivity contribution in [1.29, 1.82) is 0 Å². The van der Waals surface area contributed by atoms with E-state index in [4.69, 9.17) is 4.74 Å². The second-order valence-electron chi connectivity index (χ2n) is 8.53. The van der Waals surface area contributed by atoms with E-state index in [0.717, 1.165) is 30.2 Å². The first-order chi connectivity index (χ1) is 13.1. The lowest BCUT2D eigenvalue weighted by molar-refractivity contribution is 0.215. The third-order valence-electron chi connectivity index (χ3n) is 6.84. The summed E-state index contributed by atoms with van der Waals surface area (Å²) in [6.45, 7) is 1.24. The first kappa shape index (κ1) is 20.8. The first-order valence-corrected chi connectivity index (χ1v) is 13.2. The van der Waals surface area contributed by atoms with Crippen LogP contribution in [0, 0.1) is 23.5 Å². The lowest BCUT2D eigenvalue weighted by Gasteiger charge is -2.37. The molecule has 1 saturated heterocycles. The van der Waals surface area contributed by atoms with Crippen LogP contribution in [0.3, 0.4) is 0 Å². The predicted molar refractivity (Wildman–Crippen MR) is 107 cm³/mol. The summed E-state index contributed by atoms with van der Waals surface area (Å²) in [5.41, 5.74) is 0.732. The van der Waals surface area contributed by atoms with E-state index in [1.165, 1.54) is 62.4 Å². The minimum Gasteiger partial charge on any atom is -0.485 e. The van der Waals surface area contributed by atoms with E-state index >= 15 is 0 Å². The number of hydrogen-bond donors (Lipinski definition) is 0. The molecule has 0 spiro atoms. The van der Waals surface area contributed by atoms with Crippen molar-refractivity contribution in [3.05, 3.63) is 29.3 Å². The number of alkyl halides is 1.